The highest BCUT2D eigenvalue weighted by Gasteiger charge is 2.15. The van der Waals surface area contributed by atoms with Gasteiger partial charge in [0.05, 0.1) is 16.9 Å². The molecule has 1 N–H and O–H groups in total. The number of halogens is 1. The first-order chi connectivity index (χ1) is 8.52. The Balaban J connectivity index is 2.62. The van der Waals surface area contributed by atoms with Crippen LogP contribution in [0.5, 0.6) is 0 Å². The highest BCUT2D eigenvalue weighted by atomic mass is 19.1. The molecule has 0 saturated heterocycles. The average Bonchev–Trinajstić information content (AvgIpc) is 2.72. The van der Waals surface area contributed by atoms with E-state index in [0.717, 1.165) is 10.7 Å². The van der Waals surface area contributed by atoms with Crippen molar-refractivity contribution < 1.29 is 14.3 Å². The molecule has 1 aromatic carbocycles. The molecule has 0 amide bonds. The Hall–Kier alpha value is -2.68. The zero-order valence-electron chi connectivity index (χ0n) is 9.38. The fraction of sp³-hybridized carbons (Fsp3) is 0.0833. The van der Waals surface area contributed by atoms with Crippen molar-refractivity contribution >= 4 is 5.97 Å². The summed E-state index contributed by atoms with van der Waals surface area (Å²) in [6.45, 7) is 1.65. The molecule has 0 atom stereocenters. The van der Waals surface area contributed by atoms with Crippen LogP contribution in [0.15, 0.2) is 24.3 Å². The van der Waals surface area contributed by atoms with E-state index in [4.69, 9.17) is 10.4 Å². The number of nitrogens with zero attached hydrogens (tertiary/aromatic N) is 3. The van der Waals surface area contributed by atoms with Crippen molar-refractivity contribution in [1.82, 2.24) is 9.78 Å². The summed E-state index contributed by atoms with van der Waals surface area (Å²) in [6.07, 6.45) is 0. The Bertz CT molecular complexity index is 670. The lowest BCUT2D eigenvalue weighted by atomic mass is 10.2. The first-order valence-corrected chi connectivity index (χ1v) is 5.03. The molecule has 1 heterocycles. The van der Waals surface area contributed by atoms with E-state index in [1.807, 2.05) is 0 Å². The van der Waals surface area contributed by atoms with Crippen LogP contribution < -0.4 is 0 Å². The number of rotatable bonds is 2. The number of benzene rings is 1. The molecule has 0 aliphatic heterocycles. The molecule has 0 bridgehead atoms. The molecule has 0 fully saturated rings. The predicted molar refractivity (Wildman–Crippen MR) is 59.9 cm³/mol. The molecule has 2 rings (SSSR count). The van der Waals surface area contributed by atoms with Gasteiger partial charge in [0, 0.05) is 0 Å². The molecule has 0 unspecified atom stereocenters. The van der Waals surface area contributed by atoms with E-state index in [1.165, 1.54) is 18.2 Å². The van der Waals surface area contributed by atoms with Gasteiger partial charge in [0.25, 0.3) is 0 Å². The molecule has 90 valence electrons. The lowest BCUT2D eigenvalue weighted by Gasteiger charge is -2.05. The molecule has 6 heteroatoms. The number of carboxylic acid groups (broad SMARTS) is 1. The standard InChI is InChI=1S/C12H8FN3O2/c1-7-4-11(12(17)18)16(15-7)9-2-3-10(13)8(5-9)6-14/h2-5H,1H3,(H,17,18). The van der Waals surface area contributed by atoms with Gasteiger partial charge in [0.15, 0.2) is 5.69 Å². The van der Waals surface area contributed by atoms with E-state index in [9.17, 15) is 9.18 Å². The SMILES string of the molecule is Cc1cc(C(=O)O)n(-c2ccc(F)c(C#N)c2)n1. The fourth-order valence-corrected chi connectivity index (χ4v) is 1.58. The summed E-state index contributed by atoms with van der Waals surface area (Å²) in [7, 11) is 0. The van der Waals surface area contributed by atoms with E-state index in [0.29, 0.717) is 11.4 Å². The van der Waals surface area contributed by atoms with E-state index in [2.05, 4.69) is 5.10 Å². The smallest absolute Gasteiger partial charge is 0.354 e. The van der Waals surface area contributed by atoms with Crippen molar-refractivity contribution in [2.75, 3.05) is 0 Å². The summed E-state index contributed by atoms with van der Waals surface area (Å²) < 4.78 is 14.3. The number of hydrogen-bond acceptors (Lipinski definition) is 3. The summed E-state index contributed by atoms with van der Waals surface area (Å²) in [5.41, 5.74) is 0.661. The van der Waals surface area contributed by atoms with Gasteiger partial charge < -0.3 is 5.11 Å². The van der Waals surface area contributed by atoms with Crippen LogP contribution in [-0.4, -0.2) is 20.9 Å². The minimum atomic E-state index is -1.14. The molecule has 18 heavy (non-hydrogen) atoms. The first-order valence-electron chi connectivity index (χ1n) is 5.03. The highest BCUT2D eigenvalue weighted by Crippen LogP contribution is 2.16. The Morgan fingerprint density at radius 1 is 1.50 bits per heavy atom. The van der Waals surface area contributed by atoms with Gasteiger partial charge in [-0.2, -0.15) is 10.4 Å². The maximum Gasteiger partial charge on any atom is 0.354 e. The zero-order valence-corrected chi connectivity index (χ0v) is 9.38. The minimum absolute atomic E-state index is 0.0389. The molecule has 2 aromatic rings. The van der Waals surface area contributed by atoms with Gasteiger partial charge >= 0.3 is 5.97 Å². The zero-order chi connectivity index (χ0) is 13.3. The van der Waals surface area contributed by atoms with E-state index in [1.54, 1.807) is 13.0 Å². The molecule has 5 nitrogen and oxygen atoms in total. The van der Waals surface area contributed by atoms with E-state index < -0.39 is 11.8 Å². The van der Waals surface area contributed by atoms with Gasteiger partial charge in [-0.05, 0) is 31.2 Å². The number of carbonyl (C=O) groups is 1. The maximum absolute atomic E-state index is 13.2. The maximum atomic E-state index is 13.2. The number of hydrogen-bond donors (Lipinski definition) is 1. The third-order valence-corrected chi connectivity index (χ3v) is 2.37. The van der Waals surface area contributed by atoms with Crippen LogP contribution in [0.25, 0.3) is 5.69 Å². The summed E-state index contributed by atoms with van der Waals surface area (Å²) >= 11 is 0. The van der Waals surface area contributed by atoms with Crippen molar-refractivity contribution in [2.24, 2.45) is 0 Å². The summed E-state index contributed by atoms with van der Waals surface area (Å²) in [6, 6.07) is 6.83. The normalized spacial score (nSPS) is 10.1. The second-order valence-electron chi connectivity index (χ2n) is 3.66. The molecule has 0 aliphatic rings. The summed E-state index contributed by atoms with van der Waals surface area (Å²) in [5, 5.41) is 21.8. The van der Waals surface area contributed by atoms with Crippen LogP contribution in [0.1, 0.15) is 21.7 Å². The molecular formula is C12H8FN3O2. The van der Waals surface area contributed by atoms with Crippen LogP contribution >= 0.6 is 0 Å². The van der Waals surface area contributed by atoms with Crippen LogP contribution in [0, 0.1) is 24.1 Å². The number of aromatic nitrogens is 2. The van der Waals surface area contributed by atoms with Crippen molar-refractivity contribution in [1.29, 1.82) is 5.26 Å². The monoisotopic (exact) mass is 245 g/mol. The quantitative estimate of drug-likeness (QED) is 0.876. The second kappa shape index (κ2) is 4.30. The Kier molecular flexibility index (Phi) is 2.81. The average molecular weight is 245 g/mol. The van der Waals surface area contributed by atoms with Crippen LogP contribution in [0.2, 0.25) is 0 Å². The largest absolute Gasteiger partial charge is 0.477 e. The second-order valence-corrected chi connectivity index (χ2v) is 3.66. The fourth-order valence-electron chi connectivity index (χ4n) is 1.58. The van der Waals surface area contributed by atoms with Crippen molar-refractivity contribution in [3.05, 3.63) is 47.0 Å². The third kappa shape index (κ3) is 1.94. The molecule has 0 saturated carbocycles. The minimum Gasteiger partial charge on any atom is -0.477 e. The first kappa shape index (κ1) is 11.8. The van der Waals surface area contributed by atoms with Crippen molar-refractivity contribution in [2.45, 2.75) is 6.92 Å². The third-order valence-electron chi connectivity index (χ3n) is 2.37. The van der Waals surface area contributed by atoms with Crippen molar-refractivity contribution in [3.63, 3.8) is 0 Å². The van der Waals surface area contributed by atoms with Crippen LogP contribution in [-0.2, 0) is 0 Å². The Morgan fingerprint density at radius 2 is 2.22 bits per heavy atom. The lowest BCUT2D eigenvalue weighted by Crippen LogP contribution is -2.08. The molecule has 0 spiro atoms. The molecule has 0 radical (unpaired) electrons. The van der Waals surface area contributed by atoms with Gasteiger partial charge in [-0.25, -0.2) is 13.9 Å². The number of aromatic carboxylic acids is 1. The molecule has 1 aromatic heterocycles. The molecular weight excluding hydrogens is 237 g/mol. The number of nitriles is 1. The number of aryl methyl sites for hydroxylation is 1. The van der Waals surface area contributed by atoms with Gasteiger partial charge in [-0.1, -0.05) is 0 Å². The van der Waals surface area contributed by atoms with Crippen LogP contribution in [0.4, 0.5) is 4.39 Å². The van der Waals surface area contributed by atoms with Gasteiger partial charge in [0.2, 0.25) is 0 Å². The highest BCUT2D eigenvalue weighted by molar-refractivity contribution is 5.86. The summed E-state index contributed by atoms with van der Waals surface area (Å²) in [5.74, 6) is -1.79. The predicted octanol–water partition coefficient (Wildman–Crippen LogP) is 1.89. The lowest BCUT2D eigenvalue weighted by molar-refractivity contribution is 0.0687. The van der Waals surface area contributed by atoms with E-state index in [-0.39, 0.29) is 11.3 Å². The van der Waals surface area contributed by atoms with Gasteiger partial charge in [-0.15, -0.1) is 0 Å². The Morgan fingerprint density at radius 3 is 2.83 bits per heavy atom. The van der Waals surface area contributed by atoms with Gasteiger partial charge in [-0.3, -0.25) is 0 Å². The Labute approximate surface area is 102 Å². The topological polar surface area (TPSA) is 78.9 Å². The number of carboxylic acids is 1. The summed E-state index contributed by atoms with van der Waals surface area (Å²) in [4.78, 5) is 11.0. The van der Waals surface area contributed by atoms with Crippen LogP contribution in [0.3, 0.4) is 0 Å². The molecule has 0 aliphatic carbocycles. The van der Waals surface area contributed by atoms with Gasteiger partial charge in [0.1, 0.15) is 11.9 Å². The van der Waals surface area contributed by atoms with Crippen molar-refractivity contribution in [3.8, 4) is 11.8 Å². The van der Waals surface area contributed by atoms with E-state index >= 15 is 0 Å².